The van der Waals surface area contributed by atoms with Crippen molar-refractivity contribution in [3.63, 3.8) is 0 Å². The zero-order valence-electron chi connectivity index (χ0n) is 9.91. The number of hydrogen-bond donors (Lipinski definition) is 2. The van der Waals surface area contributed by atoms with Gasteiger partial charge in [0, 0.05) is 26.2 Å². The van der Waals surface area contributed by atoms with Crippen molar-refractivity contribution in [2.24, 2.45) is 0 Å². The van der Waals surface area contributed by atoms with E-state index in [9.17, 15) is 4.79 Å². The Labute approximate surface area is 97.4 Å². The van der Waals surface area contributed by atoms with Crippen LogP contribution in [0.2, 0.25) is 0 Å². The van der Waals surface area contributed by atoms with Crippen LogP contribution in [0.5, 0.6) is 0 Å². The van der Waals surface area contributed by atoms with Crippen molar-refractivity contribution < 1.29 is 14.6 Å². The SMILES string of the molecule is O=C(CCC1CCCCO1)NCCCCO. The number of aliphatic hydroxyl groups is 1. The van der Waals surface area contributed by atoms with E-state index in [-0.39, 0.29) is 18.6 Å². The van der Waals surface area contributed by atoms with Gasteiger partial charge in [-0.15, -0.1) is 0 Å². The largest absolute Gasteiger partial charge is 0.396 e. The van der Waals surface area contributed by atoms with E-state index in [0.29, 0.717) is 13.0 Å². The fourth-order valence-electron chi connectivity index (χ4n) is 1.88. The van der Waals surface area contributed by atoms with Crippen molar-refractivity contribution in [2.45, 2.75) is 51.0 Å². The van der Waals surface area contributed by atoms with Crippen LogP contribution in [0.4, 0.5) is 0 Å². The van der Waals surface area contributed by atoms with Crippen molar-refractivity contribution in [1.29, 1.82) is 0 Å². The van der Waals surface area contributed by atoms with Crippen LogP contribution in [-0.4, -0.2) is 36.9 Å². The van der Waals surface area contributed by atoms with E-state index in [2.05, 4.69) is 5.32 Å². The molecule has 2 N–H and O–H groups in total. The molecule has 4 heteroatoms. The van der Waals surface area contributed by atoms with Crippen LogP contribution in [-0.2, 0) is 9.53 Å². The van der Waals surface area contributed by atoms with Crippen LogP contribution in [0.3, 0.4) is 0 Å². The Morgan fingerprint density at radius 2 is 2.25 bits per heavy atom. The fourth-order valence-corrected chi connectivity index (χ4v) is 1.88. The summed E-state index contributed by atoms with van der Waals surface area (Å²) in [6, 6.07) is 0. The highest BCUT2D eigenvalue weighted by molar-refractivity contribution is 5.75. The van der Waals surface area contributed by atoms with Gasteiger partial charge in [-0.3, -0.25) is 4.79 Å². The second kappa shape index (κ2) is 8.53. The normalized spacial score (nSPS) is 20.7. The molecular weight excluding hydrogens is 206 g/mol. The molecule has 94 valence electrons. The molecule has 1 amide bonds. The van der Waals surface area contributed by atoms with Gasteiger partial charge in [-0.25, -0.2) is 0 Å². The van der Waals surface area contributed by atoms with Gasteiger partial charge in [-0.1, -0.05) is 0 Å². The Balaban J connectivity index is 1.96. The van der Waals surface area contributed by atoms with Crippen LogP contribution in [0.25, 0.3) is 0 Å². The van der Waals surface area contributed by atoms with Gasteiger partial charge >= 0.3 is 0 Å². The van der Waals surface area contributed by atoms with Crippen molar-refractivity contribution in [2.75, 3.05) is 19.8 Å². The van der Waals surface area contributed by atoms with Crippen LogP contribution >= 0.6 is 0 Å². The Morgan fingerprint density at radius 1 is 1.38 bits per heavy atom. The minimum Gasteiger partial charge on any atom is -0.396 e. The second-order valence-electron chi connectivity index (χ2n) is 4.31. The van der Waals surface area contributed by atoms with Gasteiger partial charge in [0.2, 0.25) is 5.91 Å². The van der Waals surface area contributed by atoms with E-state index in [4.69, 9.17) is 9.84 Å². The molecule has 4 nitrogen and oxygen atoms in total. The Hall–Kier alpha value is -0.610. The van der Waals surface area contributed by atoms with Gasteiger partial charge in [-0.05, 0) is 38.5 Å². The zero-order chi connectivity index (χ0) is 11.6. The van der Waals surface area contributed by atoms with Crippen molar-refractivity contribution >= 4 is 5.91 Å². The maximum Gasteiger partial charge on any atom is 0.220 e. The third kappa shape index (κ3) is 6.08. The molecule has 1 aliphatic heterocycles. The van der Waals surface area contributed by atoms with Gasteiger partial charge in [0.05, 0.1) is 6.10 Å². The van der Waals surface area contributed by atoms with Gasteiger partial charge in [0.25, 0.3) is 0 Å². The quantitative estimate of drug-likeness (QED) is 0.645. The van der Waals surface area contributed by atoms with Crippen LogP contribution in [0.1, 0.15) is 44.9 Å². The first-order chi connectivity index (χ1) is 7.83. The topological polar surface area (TPSA) is 58.6 Å². The van der Waals surface area contributed by atoms with Gasteiger partial charge in [0.15, 0.2) is 0 Å². The summed E-state index contributed by atoms with van der Waals surface area (Å²) in [5.41, 5.74) is 0. The molecule has 1 heterocycles. The highest BCUT2D eigenvalue weighted by atomic mass is 16.5. The summed E-state index contributed by atoms with van der Waals surface area (Å²) in [6.07, 6.45) is 6.77. The number of nitrogens with one attached hydrogen (secondary N) is 1. The minimum absolute atomic E-state index is 0.104. The zero-order valence-corrected chi connectivity index (χ0v) is 9.91. The lowest BCUT2D eigenvalue weighted by atomic mass is 10.0. The van der Waals surface area contributed by atoms with Gasteiger partial charge in [-0.2, -0.15) is 0 Å². The van der Waals surface area contributed by atoms with Crippen LogP contribution < -0.4 is 5.32 Å². The van der Waals surface area contributed by atoms with E-state index in [1.54, 1.807) is 0 Å². The molecule has 1 atom stereocenters. The molecule has 1 rings (SSSR count). The van der Waals surface area contributed by atoms with Crippen LogP contribution in [0, 0.1) is 0 Å². The van der Waals surface area contributed by atoms with Gasteiger partial charge in [0.1, 0.15) is 0 Å². The highest BCUT2D eigenvalue weighted by Gasteiger charge is 2.14. The molecule has 0 radical (unpaired) electrons. The standard InChI is InChI=1S/C12H23NO3/c14-9-3-2-8-13-12(15)7-6-11-5-1-4-10-16-11/h11,14H,1-10H2,(H,13,15). The van der Waals surface area contributed by atoms with E-state index in [0.717, 1.165) is 38.7 Å². The third-order valence-corrected chi connectivity index (χ3v) is 2.87. The number of hydrogen-bond acceptors (Lipinski definition) is 3. The number of carbonyl (C=O) groups is 1. The monoisotopic (exact) mass is 229 g/mol. The number of ether oxygens (including phenoxy) is 1. The molecule has 1 saturated heterocycles. The molecule has 16 heavy (non-hydrogen) atoms. The van der Waals surface area contributed by atoms with Crippen molar-refractivity contribution in [3.8, 4) is 0 Å². The molecule has 1 fully saturated rings. The molecule has 0 saturated carbocycles. The number of rotatable bonds is 7. The lowest BCUT2D eigenvalue weighted by Crippen LogP contribution is -2.27. The number of amides is 1. The number of aliphatic hydroxyl groups excluding tert-OH is 1. The minimum atomic E-state index is 0.104. The van der Waals surface area contributed by atoms with Crippen molar-refractivity contribution in [3.05, 3.63) is 0 Å². The summed E-state index contributed by atoms with van der Waals surface area (Å²) in [6.45, 7) is 1.72. The molecule has 0 bridgehead atoms. The summed E-state index contributed by atoms with van der Waals surface area (Å²) in [5.74, 6) is 0.104. The summed E-state index contributed by atoms with van der Waals surface area (Å²) >= 11 is 0. The Morgan fingerprint density at radius 3 is 2.94 bits per heavy atom. The molecule has 0 aromatic carbocycles. The first kappa shape index (κ1) is 13.5. The predicted octanol–water partition coefficient (Wildman–Crippen LogP) is 1.22. The molecular formula is C12H23NO3. The van der Waals surface area contributed by atoms with Crippen molar-refractivity contribution in [1.82, 2.24) is 5.32 Å². The third-order valence-electron chi connectivity index (χ3n) is 2.87. The predicted molar refractivity (Wildman–Crippen MR) is 62.2 cm³/mol. The Bertz CT molecular complexity index is 191. The first-order valence-electron chi connectivity index (χ1n) is 6.32. The molecule has 1 unspecified atom stereocenters. The maximum atomic E-state index is 11.4. The lowest BCUT2D eigenvalue weighted by molar-refractivity contribution is -0.122. The van der Waals surface area contributed by atoms with E-state index in [1.807, 2.05) is 0 Å². The Kier molecular flexibility index (Phi) is 7.17. The average Bonchev–Trinajstić information content (AvgIpc) is 2.33. The molecule has 0 aliphatic carbocycles. The second-order valence-corrected chi connectivity index (χ2v) is 4.31. The number of carbonyl (C=O) groups excluding carboxylic acids is 1. The summed E-state index contributed by atoms with van der Waals surface area (Å²) in [5, 5.41) is 11.4. The maximum absolute atomic E-state index is 11.4. The summed E-state index contributed by atoms with van der Waals surface area (Å²) in [7, 11) is 0. The van der Waals surface area contributed by atoms with Gasteiger partial charge < -0.3 is 15.2 Å². The summed E-state index contributed by atoms with van der Waals surface area (Å²) < 4.78 is 5.56. The first-order valence-corrected chi connectivity index (χ1v) is 6.32. The smallest absolute Gasteiger partial charge is 0.220 e. The molecule has 0 aromatic rings. The molecule has 0 aromatic heterocycles. The van der Waals surface area contributed by atoms with E-state index < -0.39 is 0 Å². The summed E-state index contributed by atoms with van der Waals surface area (Å²) in [4.78, 5) is 11.4. The highest BCUT2D eigenvalue weighted by Crippen LogP contribution is 2.16. The lowest BCUT2D eigenvalue weighted by Gasteiger charge is -2.22. The van der Waals surface area contributed by atoms with Crippen LogP contribution in [0.15, 0.2) is 0 Å². The van der Waals surface area contributed by atoms with E-state index in [1.165, 1.54) is 6.42 Å². The van der Waals surface area contributed by atoms with E-state index >= 15 is 0 Å². The average molecular weight is 229 g/mol. The molecule has 0 spiro atoms. The molecule has 1 aliphatic rings. The fraction of sp³-hybridized carbons (Fsp3) is 0.917. The number of unbranched alkanes of at least 4 members (excludes halogenated alkanes) is 1.